The smallest absolute Gasteiger partial charge is 0.319 e. The van der Waals surface area contributed by atoms with Gasteiger partial charge in [0.15, 0.2) is 0 Å². The second-order valence-corrected chi connectivity index (χ2v) is 7.88. The van der Waals surface area contributed by atoms with Gasteiger partial charge in [0.2, 0.25) is 0 Å². The van der Waals surface area contributed by atoms with Crippen molar-refractivity contribution in [1.82, 2.24) is 15.2 Å². The molecule has 1 aromatic heterocycles. The zero-order valence-electron chi connectivity index (χ0n) is 16.0. The van der Waals surface area contributed by atoms with E-state index < -0.39 is 0 Å². The van der Waals surface area contributed by atoms with Crippen molar-refractivity contribution in [3.63, 3.8) is 0 Å². The molecule has 0 unspecified atom stereocenters. The minimum absolute atomic E-state index is 0.232. The Morgan fingerprint density at radius 3 is 2.74 bits per heavy atom. The van der Waals surface area contributed by atoms with Gasteiger partial charge in [-0.05, 0) is 57.0 Å². The van der Waals surface area contributed by atoms with Gasteiger partial charge in [0.05, 0.1) is 17.2 Å². The van der Waals surface area contributed by atoms with E-state index >= 15 is 0 Å². The summed E-state index contributed by atoms with van der Waals surface area (Å²) in [5.41, 5.74) is 1.65. The number of anilines is 1. The molecule has 0 saturated carbocycles. The quantitative estimate of drug-likeness (QED) is 0.755. The molecule has 2 aromatic rings. The SMILES string of the molecule is CCCc1nc(CNC(=O)Nc2ccc(OC3CCN(C)CC3)cc2)cs1. The highest BCUT2D eigenvalue weighted by Crippen LogP contribution is 2.20. The lowest BCUT2D eigenvalue weighted by molar-refractivity contribution is 0.114. The van der Waals surface area contributed by atoms with Gasteiger partial charge in [-0.1, -0.05) is 6.92 Å². The molecule has 146 valence electrons. The van der Waals surface area contributed by atoms with E-state index in [4.69, 9.17) is 4.74 Å². The van der Waals surface area contributed by atoms with Crippen molar-refractivity contribution in [2.45, 2.75) is 45.3 Å². The average molecular weight is 389 g/mol. The van der Waals surface area contributed by atoms with Gasteiger partial charge in [0.25, 0.3) is 0 Å². The Morgan fingerprint density at radius 2 is 2.04 bits per heavy atom. The summed E-state index contributed by atoms with van der Waals surface area (Å²) in [6, 6.07) is 7.32. The first kappa shape index (κ1) is 19.6. The molecule has 6 nitrogen and oxygen atoms in total. The molecule has 1 aromatic carbocycles. The Hall–Kier alpha value is -2.12. The summed E-state index contributed by atoms with van der Waals surface area (Å²) >= 11 is 1.65. The van der Waals surface area contributed by atoms with Crippen LogP contribution in [0.15, 0.2) is 29.6 Å². The van der Waals surface area contributed by atoms with E-state index in [0.717, 1.165) is 60.9 Å². The number of rotatable bonds is 7. The van der Waals surface area contributed by atoms with Gasteiger partial charge in [-0.15, -0.1) is 11.3 Å². The topological polar surface area (TPSA) is 66.5 Å². The predicted molar refractivity (Wildman–Crippen MR) is 110 cm³/mol. The minimum atomic E-state index is -0.232. The van der Waals surface area contributed by atoms with Crippen LogP contribution < -0.4 is 15.4 Å². The van der Waals surface area contributed by atoms with Crippen LogP contribution in [0.4, 0.5) is 10.5 Å². The maximum absolute atomic E-state index is 12.1. The van der Waals surface area contributed by atoms with E-state index in [1.165, 1.54) is 0 Å². The number of nitrogens with one attached hydrogen (secondary N) is 2. The zero-order valence-corrected chi connectivity index (χ0v) is 16.8. The van der Waals surface area contributed by atoms with Crippen molar-refractivity contribution in [3.8, 4) is 5.75 Å². The van der Waals surface area contributed by atoms with Gasteiger partial charge in [0.1, 0.15) is 11.9 Å². The normalized spacial score (nSPS) is 15.5. The molecule has 1 saturated heterocycles. The number of aromatic nitrogens is 1. The summed E-state index contributed by atoms with van der Waals surface area (Å²) in [7, 11) is 2.14. The number of carbonyl (C=O) groups excluding carboxylic acids is 1. The minimum Gasteiger partial charge on any atom is -0.490 e. The third kappa shape index (κ3) is 6.22. The first-order chi connectivity index (χ1) is 13.1. The number of nitrogens with zero attached hydrogens (tertiary/aromatic N) is 2. The van der Waals surface area contributed by atoms with Crippen molar-refractivity contribution in [3.05, 3.63) is 40.3 Å². The molecular weight excluding hydrogens is 360 g/mol. The Kier molecular flexibility index (Phi) is 7.06. The Labute approximate surface area is 164 Å². The zero-order chi connectivity index (χ0) is 19.1. The maximum Gasteiger partial charge on any atom is 0.319 e. The highest BCUT2D eigenvalue weighted by Gasteiger charge is 2.17. The first-order valence-corrected chi connectivity index (χ1v) is 10.4. The number of benzene rings is 1. The van der Waals surface area contributed by atoms with Gasteiger partial charge < -0.3 is 20.3 Å². The molecule has 1 fully saturated rings. The monoisotopic (exact) mass is 388 g/mol. The van der Waals surface area contributed by atoms with Crippen LogP contribution >= 0.6 is 11.3 Å². The molecule has 1 aliphatic heterocycles. The van der Waals surface area contributed by atoms with E-state index in [2.05, 4.69) is 34.5 Å². The molecule has 0 aliphatic carbocycles. The van der Waals surface area contributed by atoms with Gasteiger partial charge in [-0.25, -0.2) is 9.78 Å². The fourth-order valence-corrected chi connectivity index (χ4v) is 3.92. The fourth-order valence-electron chi connectivity index (χ4n) is 3.02. The summed E-state index contributed by atoms with van der Waals surface area (Å²) in [6.07, 6.45) is 4.45. The molecule has 0 spiro atoms. The molecule has 27 heavy (non-hydrogen) atoms. The van der Waals surface area contributed by atoms with E-state index in [-0.39, 0.29) is 12.1 Å². The number of hydrogen-bond acceptors (Lipinski definition) is 5. The van der Waals surface area contributed by atoms with Gasteiger partial charge in [-0.2, -0.15) is 0 Å². The van der Waals surface area contributed by atoms with Gasteiger partial charge in [-0.3, -0.25) is 0 Å². The summed E-state index contributed by atoms with van der Waals surface area (Å²) in [6.45, 7) is 4.72. The van der Waals surface area contributed by atoms with Crippen LogP contribution in [0.1, 0.15) is 36.9 Å². The van der Waals surface area contributed by atoms with E-state index in [0.29, 0.717) is 6.54 Å². The van der Waals surface area contributed by atoms with Gasteiger partial charge >= 0.3 is 6.03 Å². The number of thiazole rings is 1. The molecular formula is C20H28N4O2S. The number of likely N-dealkylation sites (tertiary alicyclic amines) is 1. The number of piperidine rings is 1. The highest BCUT2D eigenvalue weighted by molar-refractivity contribution is 7.09. The second kappa shape index (κ2) is 9.71. The second-order valence-electron chi connectivity index (χ2n) is 6.94. The Morgan fingerprint density at radius 1 is 1.30 bits per heavy atom. The molecule has 3 rings (SSSR count). The summed E-state index contributed by atoms with van der Waals surface area (Å²) in [5, 5.41) is 8.81. The van der Waals surface area contributed by atoms with Crippen LogP contribution in [0.25, 0.3) is 0 Å². The number of carbonyl (C=O) groups is 1. The number of hydrogen-bond donors (Lipinski definition) is 2. The summed E-state index contributed by atoms with van der Waals surface area (Å²) in [4.78, 5) is 18.9. The van der Waals surface area contributed by atoms with Crippen molar-refractivity contribution >= 4 is 23.1 Å². The van der Waals surface area contributed by atoms with Crippen LogP contribution in [-0.2, 0) is 13.0 Å². The molecule has 0 bridgehead atoms. The molecule has 7 heteroatoms. The fraction of sp³-hybridized carbons (Fsp3) is 0.500. The van der Waals surface area contributed by atoms with Crippen LogP contribution in [0, 0.1) is 0 Å². The number of aryl methyl sites for hydroxylation is 1. The summed E-state index contributed by atoms with van der Waals surface area (Å²) in [5.74, 6) is 0.849. The predicted octanol–water partition coefficient (Wildman–Crippen LogP) is 3.89. The first-order valence-electron chi connectivity index (χ1n) is 9.55. The average Bonchev–Trinajstić information content (AvgIpc) is 3.11. The van der Waals surface area contributed by atoms with E-state index in [1.807, 2.05) is 29.6 Å². The third-order valence-corrected chi connectivity index (χ3v) is 5.53. The largest absolute Gasteiger partial charge is 0.490 e. The molecule has 2 N–H and O–H groups in total. The van der Waals surface area contributed by atoms with Crippen molar-refractivity contribution in [2.75, 3.05) is 25.5 Å². The van der Waals surface area contributed by atoms with Crippen LogP contribution in [0.3, 0.4) is 0 Å². The number of ether oxygens (including phenoxy) is 1. The van der Waals surface area contributed by atoms with Crippen LogP contribution in [0.2, 0.25) is 0 Å². The molecule has 1 aliphatic rings. The maximum atomic E-state index is 12.1. The number of urea groups is 1. The van der Waals surface area contributed by atoms with Crippen LogP contribution in [0.5, 0.6) is 5.75 Å². The molecule has 2 amide bonds. The van der Waals surface area contributed by atoms with Crippen molar-refractivity contribution in [1.29, 1.82) is 0 Å². The highest BCUT2D eigenvalue weighted by atomic mass is 32.1. The van der Waals surface area contributed by atoms with Crippen molar-refractivity contribution < 1.29 is 9.53 Å². The van der Waals surface area contributed by atoms with Crippen LogP contribution in [-0.4, -0.2) is 42.2 Å². The molecule has 0 radical (unpaired) electrons. The van der Waals surface area contributed by atoms with E-state index in [9.17, 15) is 4.79 Å². The van der Waals surface area contributed by atoms with E-state index in [1.54, 1.807) is 11.3 Å². The Balaban J connectivity index is 1.42. The summed E-state index contributed by atoms with van der Waals surface area (Å²) < 4.78 is 6.03. The number of amides is 2. The standard InChI is InChI=1S/C20H28N4O2S/c1-3-4-19-22-16(14-27-19)13-21-20(25)23-15-5-7-17(8-6-15)26-18-9-11-24(2)12-10-18/h5-8,14,18H,3-4,9-13H2,1-2H3,(H2,21,23,25). The third-order valence-electron chi connectivity index (χ3n) is 4.57. The lowest BCUT2D eigenvalue weighted by atomic mass is 10.1. The molecule has 0 atom stereocenters. The van der Waals surface area contributed by atoms with Crippen molar-refractivity contribution in [2.24, 2.45) is 0 Å². The van der Waals surface area contributed by atoms with Gasteiger partial charge in [0, 0.05) is 24.2 Å². The Bertz CT molecular complexity index is 724. The lowest BCUT2D eigenvalue weighted by Crippen LogP contribution is -2.35. The lowest BCUT2D eigenvalue weighted by Gasteiger charge is -2.29. The molecule has 2 heterocycles.